The van der Waals surface area contributed by atoms with Gasteiger partial charge in [-0.2, -0.15) is 26.3 Å². The second-order valence-electron chi connectivity index (χ2n) is 15.0. The number of esters is 1. The van der Waals surface area contributed by atoms with Gasteiger partial charge in [0, 0.05) is 43.6 Å². The molecular weight excluding hydrogens is 787 g/mol. The van der Waals surface area contributed by atoms with Gasteiger partial charge >= 0.3 is 18.3 Å². The molecule has 0 unspecified atom stereocenters. The van der Waals surface area contributed by atoms with Crippen LogP contribution >= 0.6 is 23.2 Å². The average Bonchev–Trinajstić information content (AvgIpc) is 3.46. The van der Waals surface area contributed by atoms with Gasteiger partial charge in [-0.15, -0.1) is 0 Å². The molecule has 2 atom stereocenters. The third-order valence-electron chi connectivity index (χ3n) is 11.6. The van der Waals surface area contributed by atoms with Crippen molar-refractivity contribution in [1.29, 1.82) is 0 Å². The first-order chi connectivity index (χ1) is 26.6. The number of carbonyl (C=O) groups is 2. The Morgan fingerprint density at radius 2 is 1.48 bits per heavy atom. The molecule has 7 rings (SSSR count). The number of benzene rings is 3. The molecule has 0 bridgehead atoms. The van der Waals surface area contributed by atoms with Crippen molar-refractivity contribution in [3.63, 3.8) is 0 Å². The molecule has 0 N–H and O–H groups in total. The molecule has 3 aromatic rings. The van der Waals surface area contributed by atoms with E-state index in [0.29, 0.717) is 89.3 Å². The van der Waals surface area contributed by atoms with E-state index in [4.69, 9.17) is 37.4 Å². The van der Waals surface area contributed by atoms with E-state index in [9.17, 15) is 35.9 Å². The molecule has 16 heteroatoms. The van der Waals surface area contributed by atoms with Crippen LogP contribution in [0.3, 0.4) is 0 Å². The van der Waals surface area contributed by atoms with Crippen LogP contribution in [-0.2, 0) is 48.8 Å². The Kier molecular flexibility index (Phi) is 11.7. The van der Waals surface area contributed by atoms with Crippen molar-refractivity contribution in [2.45, 2.75) is 55.2 Å². The maximum atomic E-state index is 13.8. The Hall–Kier alpha value is -3.40. The molecule has 3 saturated heterocycles. The number of amides is 1. The summed E-state index contributed by atoms with van der Waals surface area (Å²) in [5.74, 6) is -1.24. The number of halogens is 8. The van der Waals surface area contributed by atoms with E-state index in [-0.39, 0.29) is 59.8 Å². The highest BCUT2D eigenvalue weighted by molar-refractivity contribution is 6.42. The van der Waals surface area contributed by atoms with Crippen LogP contribution < -0.4 is 0 Å². The number of hydrogen-bond acceptors (Lipinski definition) is 7. The predicted molar refractivity (Wildman–Crippen MR) is 196 cm³/mol. The zero-order chi connectivity index (χ0) is 39.9. The first-order valence-electron chi connectivity index (χ1n) is 18.5. The molecule has 3 heterocycles. The van der Waals surface area contributed by atoms with Gasteiger partial charge in [-0.25, -0.2) is 0 Å². The van der Waals surface area contributed by atoms with Crippen molar-refractivity contribution in [3.05, 3.63) is 104 Å². The molecule has 4 aliphatic rings. The van der Waals surface area contributed by atoms with Crippen molar-refractivity contribution in [2.24, 2.45) is 0 Å². The highest BCUT2D eigenvalue weighted by Crippen LogP contribution is 2.48. The Labute approximate surface area is 330 Å². The smallest absolute Gasteiger partial charge is 0.416 e. The minimum Gasteiger partial charge on any atom is -0.460 e. The minimum atomic E-state index is -5.11. The third-order valence-corrected chi connectivity index (χ3v) is 12.4. The van der Waals surface area contributed by atoms with Gasteiger partial charge in [0.15, 0.2) is 0 Å². The molecule has 1 spiro atoms. The lowest BCUT2D eigenvalue weighted by molar-refractivity contribution is -0.156. The summed E-state index contributed by atoms with van der Waals surface area (Å²) >= 11 is 12.7. The summed E-state index contributed by atoms with van der Waals surface area (Å²) < 4.78 is 100. The number of piperidine rings is 1. The van der Waals surface area contributed by atoms with Gasteiger partial charge in [0.25, 0.3) is 5.91 Å². The first-order valence-corrected chi connectivity index (χ1v) is 19.3. The zero-order valence-corrected chi connectivity index (χ0v) is 31.9. The van der Waals surface area contributed by atoms with Crippen molar-refractivity contribution < 1.29 is 50.1 Å². The molecule has 56 heavy (non-hydrogen) atoms. The van der Waals surface area contributed by atoms with Crippen molar-refractivity contribution >= 4 is 35.1 Å². The molecular formula is C40H41Cl2F6N3O5. The average molecular weight is 829 g/mol. The number of carbonyl (C=O) groups excluding carboxylic acids is 2. The maximum Gasteiger partial charge on any atom is 0.416 e. The van der Waals surface area contributed by atoms with Crippen LogP contribution in [0.5, 0.6) is 0 Å². The fraction of sp³-hybridized carbons (Fsp3) is 0.500. The fourth-order valence-electron chi connectivity index (χ4n) is 8.62. The number of likely N-dealkylation sites (tertiary alicyclic amines) is 1. The highest BCUT2D eigenvalue weighted by Gasteiger charge is 2.51. The predicted octanol–water partition coefficient (Wildman–Crippen LogP) is 7.62. The highest BCUT2D eigenvalue weighted by atomic mass is 35.5. The number of nitrogens with zero attached hydrogens (tertiary/aromatic N) is 3. The minimum absolute atomic E-state index is 0.000699. The molecule has 3 fully saturated rings. The first kappa shape index (κ1) is 40.8. The summed E-state index contributed by atoms with van der Waals surface area (Å²) in [6.45, 7) is 4.22. The van der Waals surface area contributed by atoms with Crippen LogP contribution in [0.4, 0.5) is 26.3 Å². The van der Waals surface area contributed by atoms with Gasteiger partial charge in [-0.1, -0.05) is 53.5 Å². The molecule has 1 amide bonds. The summed E-state index contributed by atoms with van der Waals surface area (Å²) in [5.41, 5.74) is -2.55. The van der Waals surface area contributed by atoms with Crippen LogP contribution in [0.15, 0.2) is 60.7 Å². The maximum absolute atomic E-state index is 13.8. The van der Waals surface area contributed by atoms with E-state index >= 15 is 0 Å². The number of ether oxygens (including phenoxy) is 3. The second kappa shape index (κ2) is 16.1. The molecule has 0 saturated carbocycles. The lowest BCUT2D eigenvalue weighted by atomic mass is 9.72. The summed E-state index contributed by atoms with van der Waals surface area (Å²) in [5, 5.41) is 0.494. The Morgan fingerprint density at radius 3 is 2.14 bits per heavy atom. The molecule has 3 aliphatic heterocycles. The van der Waals surface area contributed by atoms with E-state index in [0.717, 1.165) is 5.56 Å². The number of alkyl halides is 6. The molecule has 0 radical (unpaired) electrons. The summed E-state index contributed by atoms with van der Waals surface area (Å²) in [7, 11) is 0. The summed E-state index contributed by atoms with van der Waals surface area (Å²) in [6.07, 6.45) is -8.18. The van der Waals surface area contributed by atoms with Gasteiger partial charge in [-0.3, -0.25) is 14.5 Å². The van der Waals surface area contributed by atoms with E-state index < -0.39 is 40.6 Å². The Balaban J connectivity index is 1.10. The monoisotopic (exact) mass is 827 g/mol. The lowest BCUT2D eigenvalue weighted by Crippen LogP contribution is -2.54. The van der Waals surface area contributed by atoms with Crippen molar-refractivity contribution in [2.75, 3.05) is 72.2 Å². The molecule has 3 aromatic carbocycles. The molecule has 1 aliphatic carbocycles. The largest absolute Gasteiger partial charge is 0.460 e. The van der Waals surface area contributed by atoms with E-state index in [1.165, 1.54) is 10.5 Å². The van der Waals surface area contributed by atoms with Gasteiger partial charge in [0.05, 0.1) is 54.1 Å². The van der Waals surface area contributed by atoms with Crippen molar-refractivity contribution in [3.8, 4) is 0 Å². The van der Waals surface area contributed by atoms with Crippen LogP contribution in [0, 0.1) is 0 Å². The molecule has 8 nitrogen and oxygen atoms in total. The number of rotatable bonds is 8. The Morgan fingerprint density at radius 1 is 0.804 bits per heavy atom. The van der Waals surface area contributed by atoms with Gasteiger partial charge in [0.2, 0.25) is 0 Å². The molecule has 302 valence electrons. The number of hydrogen-bond donors (Lipinski definition) is 0. The normalized spacial score (nSPS) is 23.3. The SMILES string of the molecule is O=C(CN1CCOCC1)O[C@H]1Cc2ccccc2C12CCN(CC[C@@]1(c3ccc(Cl)c(Cl)c3)CN(C(=O)c3cc(C(F)(F)F)cc(C(F)(F)F)c3)CCO1)CC2. The second-order valence-corrected chi connectivity index (χ2v) is 15.8. The van der Waals surface area contributed by atoms with Crippen molar-refractivity contribution in [1.82, 2.24) is 14.7 Å². The van der Waals surface area contributed by atoms with Crippen LogP contribution in [-0.4, -0.2) is 105 Å². The molecule has 0 aromatic heterocycles. The quantitative estimate of drug-likeness (QED) is 0.171. The topological polar surface area (TPSA) is 71.6 Å². The fourth-order valence-corrected chi connectivity index (χ4v) is 8.92. The number of fused-ring (bicyclic) bond motifs is 2. The Bertz CT molecular complexity index is 1900. The van der Waals surface area contributed by atoms with Crippen LogP contribution in [0.2, 0.25) is 10.0 Å². The summed E-state index contributed by atoms with van der Waals surface area (Å²) in [4.78, 5) is 32.5. The van der Waals surface area contributed by atoms with E-state index in [1.807, 2.05) is 17.0 Å². The third kappa shape index (κ3) is 8.56. The van der Waals surface area contributed by atoms with Gasteiger partial charge in [0.1, 0.15) is 11.7 Å². The standard InChI is InChI=1S/C40H41Cl2F6N3O5/c41-32-6-5-28(23-33(32)42)38(25-51(15-18-55-38)36(53)27-19-29(39(43,44)45)22-30(20-27)40(46,47)48)9-12-49-10-7-37(8-11-49)31-4-2-1-3-26(31)21-34(37)56-35(52)24-50-13-16-54-17-14-50/h1-6,19-20,22-23,34H,7-18,21,24-25H2/t34-,38-/m0/s1. The van der Waals surface area contributed by atoms with Crippen LogP contribution in [0.1, 0.15) is 57.4 Å². The van der Waals surface area contributed by atoms with Gasteiger partial charge in [-0.05, 0) is 79.4 Å². The summed E-state index contributed by atoms with van der Waals surface area (Å²) in [6, 6.07) is 14.0. The number of morpholine rings is 2. The van der Waals surface area contributed by atoms with Crippen LogP contribution in [0.25, 0.3) is 0 Å². The lowest BCUT2D eigenvalue weighted by Gasteiger charge is -2.46. The van der Waals surface area contributed by atoms with Gasteiger partial charge < -0.3 is 24.0 Å². The zero-order valence-electron chi connectivity index (χ0n) is 30.4. The van der Waals surface area contributed by atoms with E-state index in [1.54, 1.807) is 18.2 Å². The van der Waals surface area contributed by atoms with E-state index in [2.05, 4.69) is 17.0 Å².